The summed E-state index contributed by atoms with van der Waals surface area (Å²) in [5.74, 6) is 0.432. The Morgan fingerprint density at radius 2 is 2.00 bits per heavy atom. The summed E-state index contributed by atoms with van der Waals surface area (Å²) >= 11 is 0. The van der Waals surface area contributed by atoms with E-state index in [-0.39, 0.29) is 0 Å². The van der Waals surface area contributed by atoms with Gasteiger partial charge in [0, 0.05) is 0 Å². The lowest BCUT2D eigenvalue weighted by molar-refractivity contribution is 0.310. The lowest BCUT2D eigenvalue weighted by Gasteiger charge is -2.25. The number of rotatable bonds is 2. The first-order valence-electron chi connectivity index (χ1n) is 5.29. The highest BCUT2D eigenvalue weighted by molar-refractivity contribution is 5.92. The van der Waals surface area contributed by atoms with Gasteiger partial charge >= 0.3 is 0 Å². The van der Waals surface area contributed by atoms with Gasteiger partial charge < -0.3 is 5.21 Å². The molecule has 17 heavy (non-hydrogen) atoms. The first-order chi connectivity index (χ1) is 8.16. The second-order valence-corrected chi connectivity index (χ2v) is 4.25. The quantitative estimate of drug-likeness (QED) is 0.371. The van der Waals surface area contributed by atoms with Gasteiger partial charge in [0.25, 0.3) is 0 Å². The molecule has 0 amide bonds. The molecule has 5 nitrogen and oxygen atoms in total. The van der Waals surface area contributed by atoms with Crippen molar-refractivity contribution in [3.8, 4) is 0 Å². The van der Waals surface area contributed by atoms with E-state index in [2.05, 4.69) is 15.2 Å². The van der Waals surface area contributed by atoms with Crippen molar-refractivity contribution < 1.29 is 5.21 Å². The van der Waals surface area contributed by atoms with Crippen LogP contribution in [0.4, 0.5) is 0 Å². The van der Waals surface area contributed by atoms with E-state index in [0.717, 1.165) is 5.56 Å². The first kappa shape index (κ1) is 11.3. The van der Waals surface area contributed by atoms with Gasteiger partial charge in [-0.25, -0.2) is 9.67 Å². The van der Waals surface area contributed by atoms with Gasteiger partial charge in [0.15, 0.2) is 5.84 Å². The predicted molar refractivity (Wildman–Crippen MR) is 64.1 cm³/mol. The summed E-state index contributed by atoms with van der Waals surface area (Å²) in [7, 11) is 0. The molecule has 2 aromatic rings. The Labute approximate surface area is 99.4 Å². The van der Waals surface area contributed by atoms with Crippen molar-refractivity contribution in [2.75, 3.05) is 0 Å². The van der Waals surface area contributed by atoms with Gasteiger partial charge in [-0.3, -0.25) is 0 Å². The third kappa shape index (κ3) is 2.04. The maximum atomic E-state index is 9.19. The molecule has 2 rings (SSSR count). The smallest absolute Gasteiger partial charge is 0.180 e. The van der Waals surface area contributed by atoms with Crippen molar-refractivity contribution in [2.24, 2.45) is 5.16 Å². The normalized spacial score (nSPS) is 12.7. The van der Waals surface area contributed by atoms with Crippen LogP contribution in [0.3, 0.4) is 0 Å². The van der Waals surface area contributed by atoms with Crippen molar-refractivity contribution >= 4 is 5.84 Å². The molecule has 0 saturated heterocycles. The van der Waals surface area contributed by atoms with Crippen LogP contribution in [0.15, 0.2) is 48.1 Å². The molecule has 0 fully saturated rings. The van der Waals surface area contributed by atoms with Crippen LogP contribution in [-0.2, 0) is 5.41 Å². The van der Waals surface area contributed by atoms with Crippen LogP contribution in [0.25, 0.3) is 0 Å². The van der Waals surface area contributed by atoms with Crippen LogP contribution in [0.2, 0.25) is 0 Å². The second-order valence-electron chi connectivity index (χ2n) is 4.25. The average molecular weight is 230 g/mol. The zero-order valence-electron chi connectivity index (χ0n) is 9.78. The molecule has 0 aliphatic carbocycles. The molecule has 0 atom stereocenters. The van der Waals surface area contributed by atoms with E-state index in [9.17, 15) is 5.21 Å². The van der Waals surface area contributed by atoms with Gasteiger partial charge in [0.1, 0.15) is 12.7 Å². The number of oxime groups is 1. The van der Waals surface area contributed by atoms with Crippen molar-refractivity contribution in [1.82, 2.24) is 14.8 Å². The van der Waals surface area contributed by atoms with Gasteiger partial charge in [-0.15, -0.1) is 0 Å². The van der Waals surface area contributed by atoms with Gasteiger partial charge in [-0.05, 0) is 19.4 Å². The van der Waals surface area contributed by atoms with Crippen LogP contribution >= 0.6 is 0 Å². The fraction of sp³-hybridized carbons (Fsp3) is 0.250. The molecular formula is C12H14N4O. The van der Waals surface area contributed by atoms with E-state index in [1.54, 1.807) is 0 Å². The summed E-state index contributed by atoms with van der Waals surface area (Å²) < 4.78 is 1.47. The zero-order chi connectivity index (χ0) is 12.3. The molecule has 0 aliphatic heterocycles. The number of hydrogen-bond donors (Lipinski definition) is 1. The van der Waals surface area contributed by atoms with E-state index in [1.165, 1.54) is 17.3 Å². The molecule has 88 valence electrons. The van der Waals surface area contributed by atoms with E-state index >= 15 is 0 Å². The van der Waals surface area contributed by atoms with Gasteiger partial charge in [-0.2, -0.15) is 5.10 Å². The summed E-state index contributed by atoms with van der Waals surface area (Å²) in [4.78, 5) is 3.86. The molecule has 0 aliphatic rings. The molecule has 0 spiro atoms. The minimum Gasteiger partial charge on any atom is -0.409 e. The topological polar surface area (TPSA) is 63.3 Å². The summed E-state index contributed by atoms with van der Waals surface area (Å²) in [6.45, 7) is 3.94. The molecule has 5 heteroatoms. The molecule has 1 aromatic carbocycles. The molecule has 1 aromatic heterocycles. The molecule has 0 radical (unpaired) electrons. The van der Waals surface area contributed by atoms with Crippen LogP contribution in [0.5, 0.6) is 0 Å². The van der Waals surface area contributed by atoms with Gasteiger partial charge in [0.05, 0.1) is 5.41 Å². The van der Waals surface area contributed by atoms with Crippen molar-refractivity contribution in [3.05, 3.63) is 48.5 Å². The van der Waals surface area contributed by atoms with Crippen LogP contribution in [0.1, 0.15) is 19.4 Å². The Kier molecular flexibility index (Phi) is 2.91. The highest BCUT2D eigenvalue weighted by Crippen LogP contribution is 2.25. The molecule has 0 unspecified atom stereocenters. The van der Waals surface area contributed by atoms with Crippen molar-refractivity contribution in [1.29, 1.82) is 0 Å². The lowest BCUT2D eigenvalue weighted by atomic mass is 9.83. The maximum absolute atomic E-state index is 9.19. The third-order valence-corrected chi connectivity index (χ3v) is 2.78. The zero-order valence-corrected chi connectivity index (χ0v) is 9.78. The largest absolute Gasteiger partial charge is 0.409 e. The van der Waals surface area contributed by atoms with E-state index in [0.29, 0.717) is 5.84 Å². The minimum atomic E-state index is -0.455. The Balaban J connectivity index is 2.45. The average Bonchev–Trinajstić information content (AvgIpc) is 2.84. The molecule has 1 heterocycles. The molecule has 0 bridgehead atoms. The SMILES string of the molecule is CC(C)(C(=NO)n1cncn1)c1ccccc1. The fourth-order valence-corrected chi connectivity index (χ4v) is 1.76. The van der Waals surface area contributed by atoms with Gasteiger partial charge in [-0.1, -0.05) is 35.5 Å². The number of nitrogens with zero attached hydrogens (tertiary/aromatic N) is 4. The first-order valence-corrected chi connectivity index (χ1v) is 5.29. The summed E-state index contributed by atoms with van der Waals surface area (Å²) in [5.41, 5.74) is 0.590. The summed E-state index contributed by atoms with van der Waals surface area (Å²) in [6, 6.07) is 9.83. The highest BCUT2D eigenvalue weighted by atomic mass is 16.4. The number of benzene rings is 1. The van der Waals surface area contributed by atoms with Crippen LogP contribution in [-0.4, -0.2) is 25.8 Å². The standard InChI is InChI=1S/C12H14N4O/c1-12(2,10-6-4-3-5-7-10)11(15-17)16-9-13-8-14-16/h3-9,17H,1-2H3. The minimum absolute atomic E-state index is 0.432. The van der Waals surface area contributed by atoms with Crippen LogP contribution < -0.4 is 0 Å². The van der Waals surface area contributed by atoms with E-state index in [1.807, 2.05) is 44.2 Å². The fourth-order valence-electron chi connectivity index (χ4n) is 1.76. The van der Waals surface area contributed by atoms with Crippen LogP contribution in [0, 0.1) is 0 Å². The highest BCUT2D eigenvalue weighted by Gasteiger charge is 2.30. The third-order valence-electron chi connectivity index (χ3n) is 2.78. The monoisotopic (exact) mass is 230 g/mol. The van der Waals surface area contributed by atoms with Crippen molar-refractivity contribution in [2.45, 2.75) is 19.3 Å². The van der Waals surface area contributed by atoms with E-state index in [4.69, 9.17) is 0 Å². The maximum Gasteiger partial charge on any atom is 0.180 e. The molecular weight excluding hydrogens is 216 g/mol. The Morgan fingerprint density at radius 3 is 2.53 bits per heavy atom. The summed E-state index contributed by atoms with van der Waals surface area (Å²) in [6.07, 6.45) is 2.92. The number of aromatic nitrogens is 3. The Morgan fingerprint density at radius 1 is 1.29 bits per heavy atom. The van der Waals surface area contributed by atoms with Gasteiger partial charge in [0.2, 0.25) is 0 Å². The summed E-state index contributed by atoms with van der Waals surface area (Å²) in [5, 5.41) is 16.5. The number of hydrogen-bond acceptors (Lipinski definition) is 4. The Hall–Kier alpha value is -2.17. The van der Waals surface area contributed by atoms with E-state index < -0.39 is 5.41 Å². The Bertz CT molecular complexity index is 503. The molecule has 0 saturated carbocycles. The predicted octanol–water partition coefficient (Wildman–Crippen LogP) is 1.89. The second kappa shape index (κ2) is 4.37. The van der Waals surface area contributed by atoms with Crippen molar-refractivity contribution in [3.63, 3.8) is 0 Å². The lowest BCUT2D eigenvalue weighted by Crippen LogP contribution is -2.35. The molecule has 1 N–H and O–H groups in total.